The second-order valence-electron chi connectivity index (χ2n) is 5.86. The molecule has 0 saturated heterocycles. The van der Waals surface area contributed by atoms with Gasteiger partial charge in [0.25, 0.3) is 0 Å². The molecule has 0 radical (unpaired) electrons. The normalized spacial score (nSPS) is 30.8. The van der Waals surface area contributed by atoms with Crippen LogP contribution in [0.1, 0.15) is 55.0 Å². The topological polar surface area (TPSA) is 55.1 Å². The maximum absolute atomic E-state index is 11.2. The average molecular weight is 278 g/mol. The summed E-state index contributed by atoms with van der Waals surface area (Å²) >= 11 is 1.89. The molecule has 104 valence electrons. The van der Waals surface area contributed by atoms with Gasteiger partial charge in [0.1, 0.15) is 0 Å². The first kappa shape index (κ1) is 13.1. The third kappa shape index (κ3) is 2.84. The molecule has 1 aromatic rings. The van der Waals surface area contributed by atoms with E-state index < -0.39 is 0 Å². The standard InChI is InChI=1S/C15H22N2OS/c16-15(18)10-4-6-11(7-5-10)17-13-2-1-3-14-12(13)8-9-19-14/h8-11,13,17H,1-7H2,(H2,16,18). The molecule has 3 N–H and O–H groups in total. The van der Waals surface area contributed by atoms with Crippen molar-refractivity contribution in [3.8, 4) is 0 Å². The summed E-state index contributed by atoms with van der Waals surface area (Å²) in [5, 5.41) is 6.03. The van der Waals surface area contributed by atoms with Crippen molar-refractivity contribution in [2.24, 2.45) is 11.7 Å². The SMILES string of the molecule is NC(=O)C1CCC(NC2CCCc3sccc32)CC1. The quantitative estimate of drug-likeness (QED) is 0.893. The minimum atomic E-state index is -0.115. The first-order valence-electron chi connectivity index (χ1n) is 7.35. The zero-order valence-electron chi connectivity index (χ0n) is 11.2. The van der Waals surface area contributed by atoms with Gasteiger partial charge >= 0.3 is 0 Å². The third-order valence-corrected chi connectivity index (χ3v) is 5.61. The van der Waals surface area contributed by atoms with Gasteiger partial charge in [0.15, 0.2) is 0 Å². The number of rotatable bonds is 3. The number of hydrogen-bond donors (Lipinski definition) is 2. The Morgan fingerprint density at radius 2 is 2.05 bits per heavy atom. The fourth-order valence-electron chi connectivity index (χ4n) is 3.49. The Balaban J connectivity index is 1.58. The molecule has 0 bridgehead atoms. The van der Waals surface area contributed by atoms with Gasteiger partial charge in [-0.2, -0.15) is 0 Å². The molecule has 1 aromatic heterocycles. The van der Waals surface area contributed by atoms with E-state index in [2.05, 4.69) is 16.8 Å². The van der Waals surface area contributed by atoms with E-state index in [9.17, 15) is 4.79 Å². The Labute approximate surface area is 118 Å². The molecule has 1 amide bonds. The first-order valence-corrected chi connectivity index (χ1v) is 8.23. The Bertz CT molecular complexity index is 449. The summed E-state index contributed by atoms with van der Waals surface area (Å²) < 4.78 is 0. The van der Waals surface area contributed by atoms with E-state index in [1.54, 1.807) is 4.88 Å². The summed E-state index contributed by atoms with van der Waals surface area (Å²) in [6.45, 7) is 0. The molecule has 1 fully saturated rings. The van der Waals surface area contributed by atoms with E-state index in [0.29, 0.717) is 12.1 Å². The predicted octanol–water partition coefficient (Wildman–Crippen LogP) is 2.76. The number of fused-ring (bicyclic) bond motifs is 1. The minimum absolute atomic E-state index is 0.112. The van der Waals surface area contributed by atoms with Crippen molar-refractivity contribution in [3.63, 3.8) is 0 Å². The maximum Gasteiger partial charge on any atom is 0.220 e. The molecule has 2 aliphatic rings. The lowest BCUT2D eigenvalue weighted by molar-refractivity contribution is -0.122. The van der Waals surface area contributed by atoms with Crippen molar-refractivity contribution in [2.45, 2.75) is 57.0 Å². The molecule has 3 rings (SSSR count). The second kappa shape index (κ2) is 5.63. The van der Waals surface area contributed by atoms with Crippen LogP contribution in [0.5, 0.6) is 0 Å². The number of thiophene rings is 1. The second-order valence-corrected chi connectivity index (χ2v) is 6.86. The molecule has 4 heteroatoms. The number of hydrogen-bond acceptors (Lipinski definition) is 3. The van der Waals surface area contributed by atoms with Crippen LogP contribution in [0, 0.1) is 5.92 Å². The number of amides is 1. The summed E-state index contributed by atoms with van der Waals surface area (Å²) in [5.41, 5.74) is 6.91. The van der Waals surface area contributed by atoms with Gasteiger partial charge in [-0.1, -0.05) is 0 Å². The van der Waals surface area contributed by atoms with Crippen molar-refractivity contribution in [3.05, 3.63) is 21.9 Å². The molecule has 1 heterocycles. The largest absolute Gasteiger partial charge is 0.369 e. The third-order valence-electron chi connectivity index (χ3n) is 4.62. The number of carbonyl (C=O) groups is 1. The predicted molar refractivity (Wildman–Crippen MR) is 78.1 cm³/mol. The summed E-state index contributed by atoms with van der Waals surface area (Å²) in [6, 6.07) is 3.38. The Morgan fingerprint density at radius 3 is 2.79 bits per heavy atom. The van der Waals surface area contributed by atoms with Crippen LogP contribution in [0.4, 0.5) is 0 Å². The monoisotopic (exact) mass is 278 g/mol. The van der Waals surface area contributed by atoms with Gasteiger partial charge < -0.3 is 11.1 Å². The highest BCUT2D eigenvalue weighted by Gasteiger charge is 2.28. The van der Waals surface area contributed by atoms with Crippen molar-refractivity contribution < 1.29 is 4.79 Å². The summed E-state index contributed by atoms with van der Waals surface area (Å²) in [6.07, 6.45) is 7.88. The zero-order valence-corrected chi connectivity index (χ0v) is 12.0. The lowest BCUT2D eigenvalue weighted by Gasteiger charge is -2.33. The van der Waals surface area contributed by atoms with Crippen LogP contribution in [-0.4, -0.2) is 11.9 Å². The van der Waals surface area contributed by atoms with Gasteiger partial charge in [0.05, 0.1) is 0 Å². The van der Waals surface area contributed by atoms with Crippen molar-refractivity contribution in [2.75, 3.05) is 0 Å². The fourth-order valence-corrected chi connectivity index (χ4v) is 4.48. The van der Waals surface area contributed by atoms with Crippen molar-refractivity contribution in [1.29, 1.82) is 0 Å². The van der Waals surface area contributed by atoms with Gasteiger partial charge in [-0.15, -0.1) is 11.3 Å². The van der Waals surface area contributed by atoms with Crippen LogP contribution >= 0.6 is 11.3 Å². The van der Waals surface area contributed by atoms with E-state index in [1.165, 1.54) is 24.8 Å². The molecule has 19 heavy (non-hydrogen) atoms. The maximum atomic E-state index is 11.2. The first-order chi connectivity index (χ1) is 9.24. The molecular formula is C15H22N2OS. The van der Waals surface area contributed by atoms with Crippen molar-refractivity contribution >= 4 is 17.2 Å². The van der Waals surface area contributed by atoms with Crippen LogP contribution in [0.15, 0.2) is 11.4 Å². The van der Waals surface area contributed by atoms with Gasteiger partial charge in [-0.25, -0.2) is 0 Å². The Morgan fingerprint density at radius 1 is 1.26 bits per heavy atom. The van der Waals surface area contributed by atoms with Crippen LogP contribution in [0.25, 0.3) is 0 Å². The van der Waals surface area contributed by atoms with Crippen molar-refractivity contribution in [1.82, 2.24) is 5.32 Å². The molecule has 2 aliphatic carbocycles. The molecule has 1 saturated carbocycles. The fraction of sp³-hybridized carbons (Fsp3) is 0.667. The van der Waals surface area contributed by atoms with Gasteiger partial charge in [-0.05, 0) is 62.0 Å². The number of carbonyl (C=O) groups excluding carboxylic acids is 1. The lowest BCUT2D eigenvalue weighted by atomic mass is 9.84. The van der Waals surface area contributed by atoms with Gasteiger partial charge in [-0.3, -0.25) is 4.79 Å². The number of nitrogens with one attached hydrogen (secondary N) is 1. The summed E-state index contributed by atoms with van der Waals surface area (Å²) in [5.74, 6) is -0.00245. The van der Waals surface area contributed by atoms with E-state index in [0.717, 1.165) is 25.7 Å². The summed E-state index contributed by atoms with van der Waals surface area (Å²) in [7, 11) is 0. The molecule has 1 atom stereocenters. The van der Waals surface area contributed by atoms with E-state index >= 15 is 0 Å². The highest BCUT2D eigenvalue weighted by molar-refractivity contribution is 7.10. The molecule has 0 aliphatic heterocycles. The number of aryl methyl sites for hydroxylation is 1. The average Bonchev–Trinajstić information content (AvgIpc) is 2.89. The Hall–Kier alpha value is -0.870. The van der Waals surface area contributed by atoms with E-state index in [4.69, 9.17) is 5.73 Å². The Kier molecular flexibility index (Phi) is 3.89. The van der Waals surface area contributed by atoms with E-state index in [-0.39, 0.29) is 11.8 Å². The van der Waals surface area contributed by atoms with Crippen LogP contribution in [0.3, 0.4) is 0 Å². The molecule has 0 spiro atoms. The molecule has 0 aromatic carbocycles. The van der Waals surface area contributed by atoms with Gasteiger partial charge in [0.2, 0.25) is 5.91 Å². The molecular weight excluding hydrogens is 256 g/mol. The smallest absolute Gasteiger partial charge is 0.220 e. The van der Waals surface area contributed by atoms with Crippen LogP contribution in [-0.2, 0) is 11.2 Å². The van der Waals surface area contributed by atoms with E-state index in [1.807, 2.05) is 11.3 Å². The summed E-state index contributed by atoms with van der Waals surface area (Å²) in [4.78, 5) is 12.7. The zero-order chi connectivity index (χ0) is 13.2. The number of nitrogens with two attached hydrogens (primary N) is 1. The molecule has 1 unspecified atom stereocenters. The van der Waals surface area contributed by atoms with Crippen LogP contribution < -0.4 is 11.1 Å². The highest BCUT2D eigenvalue weighted by atomic mass is 32.1. The lowest BCUT2D eigenvalue weighted by Crippen LogP contribution is -2.39. The molecule has 3 nitrogen and oxygen atoms in total. The van der Waals surface area contributed by atoms with Crippen LogP contribution in [0.2, 0.25) is 0 Å². The number of primary amides is 1. The highest BCUT2D eigenvalue weighted by Crippen LogP contribution is 2.35. The van der Waals surface area contributed by atoms with Gasteiger partial charge in [0, 0.05) is 22.9 Å². The minimum Gasteiger partial charge on any atom is -0.369 e.